The maximum absolute atomic E-state index is 15.4. The number of amidine groups is 1. The van der Waals surface area contributed by atoms with Gasteiger partial charge in [0.25, 0.3) is 0 Å². The molecule has 158 valence electrons. The van der Waals surface area contributed by atoms with Crippen molar-refractivity contribution in [2.45, 2.75) is 6.18 Å². The largest absolute Gasteiger partial charge is 0.422 e. The highest BCUT2D eigenvalue weighted by atomic mass is 19.4. The minimum atomic E-state index is -5.37. The van der Waals surface area contributed by atoms with Crippen molar-refractivity contribution in [2.24, 2.45) is 10.9 Å². The standard InChI is InChI=1S/C21H13F5N4O/c22-18-15(11-6-7-13-12(8-11)9-28-29-13)14(10-4-2-1-3-5-10)16(20(27)30-31)19(23)17(18)21(24,25)26/h1-9,31H,(H2,27,30)(H,28,29). The summed E-state index contributed by atoms with van der Waals surface area (Å²) < 4.78 is 71.4. The third-order valence-electron chi connectivity index (χ3n) is 4.82. The van der Waals surface area contributed by atoms with Gasteiger partial charge in [-0.1, -0.05) is 41.6 Å². The van der Waals surface area contributed by atoms with E-state index in [1.54, 1.807) is 18.2 Å². The molecule has 31 heavy (non-hydrogen) atoms. The molecule has 0 fully saturated rings. The SMILES string of the molecule is NC(=NO)c1c(F)c(C(F)(F)F)c(F)c(-c2ccc3[nH]ncc3c2)c1-c1ccccc1. The zero-order valence-corrected chi connectivity index (χ0v) is 15.5. The summed E-state index contributed by atoms with van der Waals surface area (Å²) in [6, 6.07) is 11.9. The zero-order chi connectivity index (χ0) is 22.3. The van der Waals surface area contributed by atoms with Crippen molar-refractivity contribution in [1.82, 2.24) is 10.2 Å². The summed E-state index contributed by atoms with van der Waals surface area (Å²) in [5.41, 5.74) is 2.55. The number of alkyl halides is 3. The Bertz CT molecular complexity index is 1310. The number of hydrogen-bond acceptors (Lipinski definition) is 3. The molecule has 0 spiro atoms. The highest BCUT2D eigenvalue weighted by molar-refractivity contribution is 6.07. The number of aromatic nitrogens is 2. The number of nitrogens with zero attached hydrogens (tertiary/aromatic N) is 2. The Labute approximate surface area is 171 Å². The van der Waals surface area contributed by atoms with E-state index in [9.17, 15) is 13.2 Å². The predicted molar refractivity (Wildman–Crippen MR) is 104 cm³/mol. The number of nitrogens with one attached hydrogen (secondary N) is 1. The highest BCUT2D eigenvalue weighted by Gasteiger charge is 2.42. The first kappa shape index (κ1) is 20.3. The average Bonchev–Trinajstić information content (AvgIpc) is 3.20. The minimum absolute atomic E-state index is 0.0303. The van der Waals surface area contributed by atoms with Crippen molar-refractivity contribution in [3.8, 4) is 22.3 Å². The molecule has 0 aliphatic carbocycles. The monoisotopic (exact) mass is 432 g/mol. The van der Waals surface area contributed by atoms with E-state index in [2.05, 4.69) is 15.4 Å². The first-order valence-corrected chi connectivity index (χ1v) is 8.83. The van der Waals surface area contributed by atoms with E-state index in [0.29, 0.717) is 10.9 Å². The summed E-state index contributed by atoms with van der Waals surface area (Å²) in [5, 5.41) is 18.8. The Morgan fingerprint density at radius 3 is 2.32 bits per heavy atom. The molecule has 1 aromatic heterocycles. The molecule has 0 saturated heterocycles. The predicted octanol–water partition coefficient (Wildman–Crippen LogP) is 5.29. The van der Waals surface area contributed by atoms with Gasteiger partial charge in [0.2, 0.25) is 0 Å². The van der Waals surface area contributed by atoms with Crippen LogP contribution in [0.15, 0.2) is 59.9 Å². The van der Waals surface area contributed by atoms with Crippen LogP contribution in [0.2, 0.25) is 0 Å². The zero-order valence-electron chi connectivity index (χ0n) is 15.5. The van der Waals surface area contributed by atoms with Gasteiger partial charge < -0.3 is 10.9 Å². The third-order valence-corrected chi connectivity index (χ3v) is 4.82. The Morgan fingerprint density at radius 1 is 0.968 bits per heavy atom. The molecule has 0 aliphatic heterocycles. The van der Waals surface area contributed by atoms with Crippen LogP contribution in [0.25, 0.3) is 33.2 Å². The Hall–Kier alpha value is -3.95. The van der Waals surface area contributed by atoms with Crippen LogP contribution in [0.1, 0.15) is 11.1 Å². The molecule has 0 unspecified atom stereocenters. The van der Waals surface area contributed by atoms with Crippen LogP contribution in [-0.2, 0) is 6.18 Å². The van der Waals surface area contributed by atoms with Crippen LogP contribution in [-0.4, -0.2) is 21.2 Å². The summed E-state index contributed by atoms with van der Waals surface area (Å²) in [6.45, 7) is 0. The molecule has 1 heterocycles. The van der Waals surface area contributed by atoms with Gasteiger partial charge in [-0.05, 0) is 23.3 Å². The summed E-state index contributed by atoms with van der Waals surface area (Å²) in [5.74, 6) is -4.69. The highest BCUT2D eigenvalue weighted by Crippen LogP contribution is 2.45. The number of oxime groups is 1. The van der Waals surface area contributed by atoms with Gasteiger partial charge in [-0.3, -0.25) is 5.10 Å². The second-order valence-corrected chi connectivity index (χ2v) is 6.65. The van der Waals surface area contributed by atoms with E-state index >= 15 is 8.78 Å². The third kappa shape index (κ3) is 3.35. The van der Waals surface area contributed by atoms with Gasteiger partial charge >= 0.3 is 6.18 Å². The van der Waals surface area contributed by atoms with E-state index in [-0.39, 0.29) is 16.7 Å². The fraction of sp³-hybridized carbons (Fsp3) is 0.0476. The molecule has 4 aromatic rings. The summed E-state index contributed by atoms with van der Waals surface area (Å²) in [4.78, 5) is 0. The quantitative estimate of drug-likeness (QED) is 0.135. The summed E-state index contributed by atoms with van der Waals surface area (Å²) >= 11 is 0. The van der Waals surface area contributed by atoms with Crippen molar-refractivity contribution >= 4 is 16.7 Å². The molecule has 0 radical (unpaired) electrons. The lowest BCUT2D eigenvalue weighted by molar-refractivity contribution is -0.142. The molecule has 0 bridgehead atoms. The van der Waals surface area contributed by atoms with Crippen LogP contribution in [0.4, 0.5) is 22.0 Å². The summed E-state index contributed by atoms with van der Waals surface area (Å²) in [7, 11) is 0. The number of halogens is 5. The van der Waals surface area contributed by atoms with E-state index in [4.69, 9.17) is 10.9 Å². The lowest BCUT2D eigenvalue weighted by Crippen LogP contribution is -2.22. The van der Waals surface area contributed by atoms with Crippen molar-refractivity contribution in [1.29, 1.82) is 0 Å². The molecule has 0 saturated carbocycles. The number of nitrogens with two attached hydrogens (primary N) is 1. The molecule has 0 amide bonds. The Kier molecular flexibility index (Phi) is 4.84. The normalized spacial score (nSPS) is 12.5. The summed E-state index contributed by atoms with van der Waals surface area (Å²) in [6.07, 6.45) is -3.96. The maximum Gasteiger partial charge on any atom is 0.422 e. The van der Waals surface area contributed by atoms with Gasteiger partial charge in [-0.2, -0.15) is 18.3 Å². The Morgan fingerprint density at radius 2 is 1.68 bits per heavy atom. The van der Waals surface area contributed by atoms with E-state index < -0.39 is 40.3 Å². The van der Waals surface area contributed by atoms with Gasteiger partial charge in [-0.15, -0.1) is 0 Å². The Balaban J connectivity index is 2.22. The van der Waals surface area contributed by atoms with Crippen molar-refractivity contribution in [2.75, 3.05) is 0 Å². The second kappa shape index (κ2) is 7.38. The lowest BCUT2D eigenvalue weighted by atomic mass is 9.86. The van der Waals surface area contributed by atoms with Crippen LogP contribution in [0, 0.1) is 11.6 Å². The van der Waals surface area contributed by atoms with Crippen molar-refractivity contribution in [3.05, 3.63) is 77.5 Å². The number of aromatic amines is 1. The van der Waals surface area contributed by atoms with Crippen LogP contribution >= 0.6 is 0 Å². The number of rotatable bonds is 3. The van der Waals surface area contributed by atoms with Gasteiger partial charge in [0.1, 0.15) is 17.2 Å². The topological polar surface area (TPSA) is 87.3 Å². The molecular formula is C21H13F5N4O. The average molecular weight is 432 g/mol. The van der Waals surface area contributed by atoms with Crippen LogP contribution in [0.5, 0.6) is 0 Å². The van der Waals surface area contributed by atoms with E-state index in [1.807, 2.05) is 0 Å². The molecule has 10 heteroatoms. The smallest absolute Gasteiger partial charge is 0.409 e. The van der Waals surface area contributed by atoms with E-state index in [0.717, 1.165) is 0 Å². The molecular weight excluding hydrogens is 419 g/mol. The number of hydrogen-bond donors (Lipinski definition) is 3. The number of H-pyrrole nitrogens is 1. The molecule has 5 nitrogen and oxygen atoms in total. The number of benzene rings is 3. The fourth-order valence-corrected chi connectivity index (χ4v) is 3.49. The first-order chi connectivity index (χ1) is 14.7. The lowest BCUT2D eigenvalue weighted by Gasteiger charge is -2.21. The molecule has 3 aromatic carbocycles. The van der Waals surface area contributed by atoms with Gasteiger partial charge in [-0.25, -0.2) is 8.78 Å². The minimum Gasteiger partial charge on any atom is -0.409 e. The van der Waals surface area contributed by atoms with Gasteiger partial charge in [0.15, 0.2) is 5.84 Å². The van der Waals surface area contributed by atoms with Crippen molar-refractivity contribution in [3.63, 3.8) is 0 Å². The first-order valence-electron chi connectivity index (χ1n) is 8.83. The fourth-order valence-electron chi connectivity index (χ4n) is 3.49. The molecule has 4 rings (SSSR count). The van der Waals surface area contributed by atoms with Gasteiger partial charge in [0, 0.05) is 16.5 Å². The van der Waals surface area contributed by atoms with Crippen molar-refractivity contribution < 1.29 is 27.2 Å². The van der Waals surface area contributed by atoms with Gasteiger partial charge in [0.05, 0.1) is 17.3 Å². The maximum atomic E-state index is 15.4. The van der Waals surface area contributed by atoms with Crippen LogP contribution < -0.4 is 5.73 Å². The molecule has 4 N–H and O–H groups in total. The number of fused-ring (bicyclic) bond motifs is 1. The second-order valence-electron chi connectivity index (χ2n) is 6.65. The molecule has 0 aliphatic rings. The van der Waals surface area contributed by atoms with E-state index in [1.165, 1.54) is 36.5 Å². The van der Waals surface area contributed by atoms with Crippen LogP contribution in [0.3, 0.4) is 0 Å². The molecule has 0 atom stereocenters.